The number of β-amino-alcohol motifs (C(OH)–C–C–N with tert-alkyl or cyclic N) is 1. The SMILES string of the molecule is O=C(CCc1ccc(Cl)cc1)[C@@H]1C[C@@H](O)CN1C(=O)Cc1cnc[nH]1. The van der Waals surface area contributed by atoms with Gasteiger partial charge < -0.3 is 15.0 Å². The number of hydrogen-bond donors (Lipinski definition) is 2. The van der Waals surface area contributed by atoms with E-state index in [0.29, 0.717) is 30.0 Å². The van der Waals surface area contributed by atoms with Crippen LogP contribution in [0.2, 0.25) is 5.02 Å². The molecule has 2 aromatic rings. The van der Waals surface area contributed by atoms with Crippen molar-refractivity contribution in [2.24, 2.45) is 0 Å². The predicted octanol–water partition coefficient (Wildman–Crippen LogP) is 1.77. The zero-order valence-corrected chi connectivity index (χ0v) is 14.4. The van der Waals surface area contributed by atoms with E-state index in [9.17, 15) is 14.7 Å². The maximum atomic E-state index is 12.6. The molecule has 2 atom stereocenters. The second-order valence-corrected chi connectivity index (χ2v) is 6.73. The normalized spacial score (nSPS) is 20.0. The zero-order chi connectivity index (χ0) is 17.8. The number of hydrogen-bond acceptors (Lipinski definition) is 4. The van der Waals surface area contributed by atoms with Crippen molar-refractivity contribution in [3.8, 4) is 0 Å². The second kappa shape index (κ2) is 7.80. The number of aliphatic hydroxyl groups excluding tert-OH is 1. The summed E-state index contributed by atoms with van der Waals surface area (Å²) in [5, 5.41) is 10.6. The third-order valence-electron chi connectivity index (χ3n) is 4.44. The van der Waals surface area contributed by atoms with Gasteiger partial charge in [-0.15, -0.1) is 0 Å². The van der Waals surface area contributed by atoms with Crippen LogP contribution in [0, 0.1) is 0 Å². The Hall–Kier alpha value is -2.18. The maximum Gasteiger partial charge on any atom is 0.229 e. The van der Waals surface area contributed by atoms with Crippen molar-refractivity contribution in [3.63, 3.8) is 0 Å². The van der Waals surface area contributed by atoms with Crippen molar-refractivity contribution in [1.82, 2.24) is 14.9 Å². The number of H-pyrrole nitrogens is 1. The fraction of sp³-hybridized carbons (Fsp3) is 0.389. The van der Waals surface area contributed by atoms with Crippen LogP contribution in [0.3, 0.4) is 0 Å². The van der Waals surface area contributed by atoms with Crippen LogP contribution < -0.4 is 0 Å². The highest BCUT2D eigenvalue weighted by Crippen LogP contribution is 2.22. The summed E-state index contributed by atoms with van der Waals surface area (Å²) >= 11 is 5.86. The van der Waals surface area contributed by atoms with Gasteiger partial charge in [-0.3, -0.25) is 9.59 Å². The van der Waals surface area contributed by atoms with Crippen molar-refractivity contribution in [3.05, 3.63) is 53.1 Å². The Kier molecular flexibility index (Phi) is 5.50. The Bertz CT molecular complexity index is 731. The quantitative estimate of drug-likeness (QED) is 0.821. The number of imidazole rings is 1. The van der Waals surface area contributed by atoms with Gasteiger partial charge >= 0.3 is 0 Å². The van der Waals surface area contributed by atoms with E-state index < -0.39 is 12.1 Å². The third kappa shape index (κ3) is 4.46. The molecule has 25 heavy (non-hydrogen) atoms. The van der Waals surface area contributed by atoms with E-state index in [0.717, 1.165) is 5.56 Å². The predicted molar refractivity (Wildman–Crippen MR) is 93.2 cm³/mol. The molecule has 6 nitrogen and oxygen atoms in total. The largest absolute Gasteiger partial charge is 0.391 e. The number of nitrogens with one attached hydrogen (secondary N) is 1. The number of likely N-dealkylation sites (tertiary alicyclic amines) is 1. The number of amides is 1. The lowest BCUT2D eigenvalue weighted by Crippen LogP contribution is -2.41. The minimum atomic E-state index is -0.657. The molecule has 132 valence electrons. The molecule has 0 radical (unpaired) electrons. The minimum Gasteiger partial charge on any atom is -0.391 e. The lowest BCUT2D eigenvalue weighted by atomic mass is 10.0. The number of halogens is 1. The van der Waals surface area contributed by atoms with E-state index in [2.05, 4.69) is 9.97 Å². The second-order valence-electron chi connectivity index (χ2n) is 6.30. The van der Waals surface area contributed by atoms with Crippen LogP contribution in [0.5, 0.6) is 0 Å². The molecular formula is C18H20ClN3O3. The first kappa shape index (κ1) is 17.6. The molecule has 1 aromatic heterocycles. The number of aryl methyl sites for hydroxylation is 1. The number of rotatable bonds is 6. The first-order valence-electron chi connectivity index (χ1n) is 8.25. The molecule has 7 heteroatoms. The Labute approximate surface area is 150 Å². The summed E-state index contributed by atoms with van der Waals surface area (Å²) in [6.07, 6.45) is 3.80. The number of carbonyl (C=O) groups is 2. The summed E-state index contributed by atoms with van der Waals surface area (Å²) in [6.45, 7) is 0.199. The van der Waals surface area contributed by atoms with E-state index in [1.807, 2.05) is 12.1 Å². The highest BCUT2D eigenvalue weighted by Gasteiger charge is 2.38. The molecule has 1 saturated heterocycles. The molecule has 0 spiro atoms. The molecule has 2 N–H and O–H groups in total. The number of aromatic nitrogens is 2. The molecular weight excluding hydrogens is 342 g/mol. The van der Waals surface area contributed by atoms with Crippen LogP contribution in [0.1, 0.15) is 24.1 Å². The van der Waals surface area contributed by atoms with Crippen molar-refractivity contribution >= 4 is 23.3 Å². The van der Waals surface area contributed by atoms with Gasteiger partial charge in [0.15, 0.2) is 5.78 Å². The molecule has 1 aliphatic rings. The highest BCUT2D eigenvalue weighted by molar-refractivity contribution is 6.30. The van der Waals surface area contributed by atoms with Gasteiger partial charge in [-0.25, -0.2) is 4.98 Å². The topological polar surface area (TPSA) is 86.3 Å². The average Bonchev–Trinajstić information content (AvgIpc) is 3.23. The molecule has 3 rings (SSSR count). The summed E-state index contributed by atoms with van der Waals surface area (Å²) in [5.41, 5.74) is 1.71. The third-order valence-corrected chi connectivity index (χ3v) is 4.69. The minimum absolute atomic E-state index is 0.0236. The Balaban J connectivity index is 1.61. The van der Waals surface area contributed by atoms with Gasteiger partial charge in [0.05, 0.1) is 24.9 Å². The van der Waals surface area contributed by atoms with Crippen LogP contribution in [0.15, 0.2) is 36.8 Å². The van der Waals surface area contributed by atoms with Crippen molar-refractivity contribution in [2.75, 3.05) is 6.54 Å². The number of Topliss-reactive ketones (excluding diaryl/α,β-unsaturated/α-hetero) is 1. The molecule has 1 aromatic carbocycles. The van der Waals surface area contributed by atoms with Gasteiger partial charge in [-0.2, -0.15) is 0 Å². The van der Waals surface area contributed by atoms with Gasteiger partial charge in [-0.05, 0) is 24.1 Å². The fourth-order valence-electron chi connectivity index (χ4n) is 3.13. The van der Waals surface area contributed by atoms with Crippen LogP contribution in [0.25, 0.3) is 0 Å². The Morgan fingerprint density at radius 3 is 2.76 bits per heavy atom. The number of aliphatic hydroxyl groups is 1. The van der Waals surface area contributed by atoms with Crippen LogP contribution >= 0.6 is 11.6 Å². The van der Waals surface area contributed by atoms with Gasteiger partial charge in [0.25, 0.3) is 0 Å². The van der Waals surface area contributed by atoms with E-state index >= 15 is 0 Å². The number of aromatic amines is 1. The van der Waals surface area contributed by atoms with E-state index in [4.69, 9.17) is 11.6 Å². The zero-order valence-electron chi connectivity index (χ0n) is 13.7. The molecule has 0 unspecified atom stereocenters. The number of carbonyl (C=O) groups excluding carboxylic acids is 2. The molecule has 0 bridgehead atoms. The van der Waals surface area contributed by atoms with Gasteiger partial charge in [-0.1, -0.05) is 23.7 Å². The Morgan fingerprint density at radius 2 is 2.08 bits per heavy atom. The summed E-state index contributed by atoms with van der Waals surface area (Å²) in [6, 6.07) is 6.81. The fourth-order valence-corrected chi connectivity index (χ4v) is 3.25. The standard InChI is InChI=1S/C18H20ClN3O3/c19-13-4-1-12(2-5-13)3-6-17(24)16-8-15(23)10-22(16)18(25)7-14-9-20-11-21-14/h1-2,4-5,9,11,15-16,23H,3,6-8,10H2,(H,20,21)/t15-,16+/m1/s1. The highest BCUT2D eigenvalue weighted by atomic mass is 35.5. The lowest BCUT2D eigenvalue weighted by Gasteiger charge is -2.23. The van der Waals surface area contributed by atoms with Gasteiger partial charge in [0, 0.05) is 36.3 Å². The Morgan fingerprint density at radius 1 is 1.32 bits per heavy atom. The number of nitrogens with zero attached hydrogens (tertiary/aromatic N) is 2. The smallest absolute Gasteiger partial charge is 0.229 e. The van der Waals surface area contributed by atoms with Crippen LogP contribution in [0.4, 0.5) is 0 Å². The van der Waals surface area contributed by atoms with Crippen LogP contribution in [-0.4, -0.2) is 50.4 Å². The molecule has 1 fully saturated rings. The van der Waals surface area contributed by atoms with Crippen LogP contribution in [-0.2, 0) is 22.4 Å². The van der Waals surface area contributed by atoms with E-state index in [-0.39, 0.29) is 24.7 Å². The maximum absolute atomic E-state index is 12.6. The number of benzene rings is 1. The van der Waals surface area contributed by atoms with Crippen molar-refractivity contribution in [2.45, 2.75) is 37.8 Å². The van der Waals surface area contributed by atoms with Crippen molar-refractivity contribution in [1.29, 1.82) is 0 Å². The first-order chi connectivity index (χ1) is 12.0. The molecule has 0 aliphatic carbocycles. The van der Waals surface area contributed by atoms with Crippen molar-refractivity contribution < 1.29 is 14.7 Å². The van der Waals surface area contributed by atoms with E-state index in [1.54, 1.807) is 18.3 Å². The molecule has 2 heterocycles. The average molecular weight is 362 g/mol. The molecule has 0 saturated carbocycles. The number of ketones is 1. The summed E-state index contributed by atoms with van der Waals surface area (Å²) < 4.78 is 0. The summed E-state index contributed by atoms with van der Waals surface area (Å²) in [4.78, 5) is 33.3. The van der Waals surface area contributed by atoms with Gasteiger partial charge in [0.2, 0.25) is 5.91 Å². The lowest BCUT2D eigenvalue weighted by molar-refractivity contribution is -0.137. The first-order valence-corrected chi connectivity index (χ1v) is 8.62. The summed E-state index contributed by atoms with van der Waals surface area (Å²) in [5.74, 6) is -0.199. The summed E-state index contributed by atoms with van der Waals surface area (Å²) in [7, 11) is 0. The monoisotopic (exact) mass is 361 g/mol. The van der Waals surface area contributed by atoms with E-state index in [1.165, 1.54) is 11.2 Å². The van der Waals surface area contributed by atoms with Gasteiger partial charge in [0.1, 0.15) is 0 Å². The molecule has 1 amide bonds. The molecule has 1 aliphatic heterocycles.